The van der Waals surface area contributed by atoms with Crippen molar-refractivity contribution in [3.63, 3.8) is 0 Å². The van der Waals surface area contributed by atoms with Crippen LogP contribution in [0.4, 0.5) is 18.0 Å². The van der Waals surface area contributed by atoms with Crippen LogP contribution >= 0.6 is 0 Å². The number of carbonyl (C=O) groups excluding carboxylic acids is 3. The first kappa shape index (κ1) is 30.7. The van der Waals surface area contributed by atoms with Crippen molar-refractivity contribution in [1.82, 2.24) is 15.5 Å². The Morgan fingerprint density at radius 1 is 1.13 bits per heavy atom. The molecular weight excluding hydrogens is 522 g/mol. The molecule has 2 aromatic carbocycles. The second kappa shape index (κ2) is 12.8. The van der Waals surface area contributed by atoms with Gasteiger partial charge >= 0.3 is 47.9 Å². The summed E-state index contributed by atoms with van der Waals surface area (Å²) in [5.41, 5.74) is 0.893. The van der Waals surface area contributed by atoms with E-state index in [0.717, 1.165) is 23.1 Å². The molecule has 1 unspecified atom stereocenters. The second-order valence-electron chi connectivity index (χ2n) is 7.94. The number of aliphatic carboxylic acids is 1. The molecule has 3 N–H and O–H groups in total. The topological polar surface area (TPSA) is 134 Å². The van der Waals surface area contributed by atoms with Crippen LogP contribution in [0.2, 0.25) is 0 Å². The largest absolute Gasteiger partial charge is 1.00 e. The van der Waals surface area contributed by atoms with E-state index >= 15 is 0 Å². The van der Waals surface area contributed by atoms with Gasteiger partial charge in [-0.1, -0.05) is 12.1 Å². The number of methoxy groups -OCH3 is 1. The standard InChI is InChI=1S/C24H22F3N3O7.Na.H/c1-30-7-6-19(31)21(22(30)34)29-23(35)28-18(12-20(32)33)15-8-14(10-17(11-15)36-2)13-4-3-5-16(9-13)37-24(25,26)27;;/h3-11,18,21H,12H2,1-2H3,(H,32,33)(H2,28,29,35);;/q;+1;-1/t18-,21?;;/m0../s1. The number of likely N-dealkylation sites (N-methyl/N-ethyl adjacent to an activating group) is 1. The van der Waals surface area contributed by atoms with Crippen LogP contribution < -0.4 is 49.7 Å². The summed E-state index contributed by atoms with van der Waals surface area (Å²) < 4.78 is 47.2. The number of carboxylic acids is 1. The van der Waals surface area contributed by atoms with Gasteiger partial charge in [-0.2, -0.15) is 0 Å². The number of ether oxygens (including phenoxy) is 2. The summed E-state index contributed by atoms with van der Waals surface area (Å²) in [7, 11) is 2.74. The molecule has 0 aliphatic carbocycles. The molecule has 14 heteroatoms. The average Bonchev–Trinajstić information content (AvgIpc) is 2.82. The number of hydrogen-bond acceptors (Lipinski definition) is 6. The van der Waals surface area contributed by atoms with Crippen molar-refractivity contribution in [2.75, 3.05) is 14.2 Å². The smallest absolute Gasteiger partial charge is 1.00 e. The van der Waals surface area contributed by atoms with E-state index < -0.39 is 54.3 Å². The summed E-state index contributed by atoms with van der Waals surface area (Å²) >= 11 is 0. The molecule has 0 saturated carbocycles. The van der Waals surface area contributed by atoms with Gasteiger partial charge in [0, 0.05) is 19.3 Å². The fraction of sp³-hybridized carbons (Fsp3) is 0.250. The summed E-state index contributed by atoms with van der Waals surface area (Å²) in [6.07, 6.45) is -3.12. The molecule has 0 bridgehead atoms. The fourth-order valence-corrected chi connectivity index (χ4v) is 3.55. The molecule has 0 fully saturated rings. The number of amides is 3. The summed E-state index contributed by atoms with van der Waals surface area (Å²) in [5, 5.41) is 14.1. The van der Waals surface area contributed by atoms with E-state index in [1.165, 1.54) is 50.7 Å². The first-order chi connectivity index (χ1) is 17.4. The van der Waals surface area contributed by atoms with Crippen LogP contribution in [0.3, 0.4) is 0 Å². The molecule has 0 spiro atoms. The normalized spacial score (nSPS) is 15.8. The molecule has 2 aromatic rings. The zero-order valence-corrected chi connectivity index (χ0v) is 22.5. The molecule has 2 atom stereocenters. The second-order valence-corrected chi connectivity index (χ2v) is 7.94. The molecule has 38 heavy (non-hydrogen) atoms. The van der Waals surface area contributed by atoms with E-state index in [1.54, 1.807) is 0 Å². The zero-order chi connectivity index (χ0) is 27.3. The Bertz CT molecular complexity index is 1260. The Balaban J connectivity index is 0.00000380. The van der Waals surface area contributed by atoms with Gasteiger partial charge < -0.3 is 31.5 Å². The van der Waals surface area contributed by atoms with Crippen LogP contribution in [-0.2, 0) is 14.4 Å². The number of carbonyl (C=O) groups is 4. The third-order valence-corrected chi connectivity index (χ3v) is 5.27. The van der Waals surface area contributed by atoms with Crippen molar-refractivity contribution in [3.8, 4) is 22.6 Å². The molecule has 1 aliphatic rings. The Morgan fingerprint density at radius 2 is 1.82 bits per heavy atom. The predicted molar refractivity (Wildman–Crippen MR) is 124 cm³/mol. The van der Waals surface area contributed by atoms with Gasteiger partial charge in [-0.15, -0.1) is 13.2 Å². The van der Waals surface area contributed by atoms with E-state index in [0.29, 0.717) is 11.1 Å². The number of ketones is 1. The Labute approximate surface area is 238 Å². The SMILES string of the molecule is COc1cc(-c2cccc(OC(F)(F)F)c2)cc([C@H](CC(=O)O)NC(=O)NC2C(=O)C=CN(C)C2=O)c1.[H-].[Na+]. The minimum atomic E-state index is -4.90. The molecule has 198 valence electrons. The maximum atomic E-state index is 12.7. The Kier molecular flexibility index (Phi) is 10.3. The number of nitrogens with one attached hydrogen (secondary N) is 2. The van der Waals surface area contributed by atoms with Gasteiger partial charge in [-0.3, -0.25) is 14.4 Å². The molecule has 1 aliphatic heterocycles. The third-order valence-electron chi connectivity index (χ3n) is 5.27. The van der Waals surface area contributed by atoms with Crippen molar-refractivity contribution < 1.29 is 77.9 Å². The summed E-state index contributed by atoms with van der Waals surface area (Å²) in [5.74, 6) is -2.84. The number of benzene rings is 2. The Hall–Kier alpha value is -3.55. The number of urea groups is 1. The van der Waals surface area contributed by atoms with Crippen molar-refractivity contribution in [1.29, 1.82) is 0 Å². The zero-order valence-electron chi connectivity index (χ0n) is 21.5. The van der Waals surface area contributed by atoms with Crippen molar-refractivity contribution >= 4 is 23.7 Å². The van der Waals surface area contributed by atoms with Crippen LogP contribution in [0.1, 0.15) is 19.5 Å². The van der Waals surface area contributed by atoms with Crippen LogP contribution in [0.15, 0.2) is 54.7 Å². The quantitative estimate of drug-likeness (QED) is 0.317. The van der Waals surface area contributed by atoms with E-state index in [9.17, 15) is 37.5 Å². The number of hydrogen-bond donors (Lipinski definition) is 3. The first-order valence-electron chi connectivity index (χ1n) is 10.7. The molecule has 0 aromatic heterocycles. The van der Waals surface area contributed by atoms with Gasteiger partial charge in [0.15, 0.2) is 11.8 Å². The predicted octanol–water partition coefficient (Wildman–Crippen LogP) is 0.116. The maximum Gasteiger partial charge on any atom is 1.00 e. The van der Waals surface area contributed by atoms with E-state index in [4.69, 9.17) is 4.74 Å². The molecule has 0 radical (unpaired) electrons. The number of rotatable bonds is 8. The van der Waals surface area contributed by atoms with E-state index in [-0.39, 0.29) is 42.3 Å². The van der Waals surface area contributed by atoms with Gasteiger partial charge in [0.25, 0.3) is 5.91 Å². The summed E-state index contributed by atoms with van der Waals surface area (Å²) in [4.78, 5) is 49.6. The molecule has 3 rings (SSSR count). The van der Waals surface area contributed by atoms with Crippen LogP contribution in [-0.4, -0.2) is 60.3 Å². The van der Waals surface area contributed by atoms with Gasteiger partial charge in [-0.05, 0) is 47.0 Å². The van der Waals surface area contributed by atoms with Crippen molar-refractivity contribution in [2.45, 2.75) is 24.9 Å². The molecule has 3 amide bonds. The maximum absolute atomic E-state index is 12.7. The third kappa shape index (κ3) is 8.23. The number of halogens is 3. The van der Waals surface area contributed by atoms with Crippen molar-refractivity contribution in [3.05, 3.63) is 60.3 Å². The minimum Gasteiger partial charge on any atom is -1.00 e. The molecular formula is C24H23F3N3NaO7. The van der Waals surface area contributed by atoms with Crippen LogP contribution in [0.5, 0.6) is 11.5 Å². The number of carboxylic acid groups (broad SMARTS) is 1. The van der Waals surface area contributed by atoms with Gasteiger partial charge in [0.05, 0.1) is 19.6 Å². The molecule has 10 nitrogen and oxygen atoms in total. The average molecular weight is 545 g/mol. The summed E-state index contributed by atoms with van der Waals surface area (Å²) in [6, 6.07) is 5.92. The van der Waals surface area contributed by atoms with E-state index in [2.05, 4.69) is 15.4 Å². The molecule has 1 heterocycles. The van der Waals surface area contributed by atoms with Crippen molar-refractivity contribution in [2.24, 2.45) is 0 Å². The van der Waals surface area contributed by atoms with Gasteiger partial charge in [0.2, 0.25) is 0 Å². The minimum absolute atomic E-state index is 0. The fourth-order valence-electron chi connectivity index (χ4n) is 3.55. The summed E-state index contributed by atoms with van der Waals surface area (Å²) in [6.45, 7) is 0. The van der Waals surface area contributed by atoms with Gasteiger partial charge in [-0.25, -0.2) is 4.79 Å². The Morgan fingerprint density at radius 3 is 2.45 bits per heavy atom. The molecule has 0 saturated heterocycles. The van der Waals surface area contributed by atoms with E-state index in [1.807, 2.05) is 0 Å². The number of alkyl halides is 3. The van der Waals surface area contributed by atoms with Gasteiger partial charge in [0.1, 0.15) is 11.5 Å². The van der Waals surface area contributed by atoms with Crippen LogP contribution in [0.25, 0.3) is 11.1 Å². The monoisotopic (exact) mass is 545 g/mol. The number of nitrogens with zero attached hydrogens (tertiary/aromatic N) is 1. The van der Waals surface area contributed by atoms with Crippen LogP contribution in [0, 0.1) is 0 Å². The first-order valence-corrected chi connectivity index (χ1v) is 10.7.